The Kier molecular flexibility index (Phi) is 3.07. The zero-order valence-corrected chi connectivity index (χ0v) is 8.05. The lowest BCUT2D eigenvalue weighted by Gasteiger charge is -2.06. The van der Waals surface area contributed by atoms with E-state index in [4.69, 9.17) is 16.3 Å². The van der Waals surface area contributed by atoms with Gasteiger partial charge in [0.2, 0.25) is 6.08 Å². The molecule has 0 N–H and O–H groups in total. The molecule has 0 saturated carbocycles. The van der Waals surface area contributed by atoms with Gasteiger partial charge in [0.25, 0.3) is 0 Å². The highest BCUT2D eigenvalue weighted by Gasteiger charge is 2.06. The van der Waals surface area contributed by atoms with Gasteiger partial charge in [-0.05, 0) is 24.6 Å². The van der Waals surface area contributed by atoms with Crippen LogP contribution in [0.4, 0.5) is 5.69 Å². The highest BCUT2D eigenvalue weighted by atomic mass is 35.5. The molecular formula is C9H8ClNO2. The summed E-state index contributed by atoms with van der Waals surface area (Å²) in [7, 11) is 1.51. The fourth-order valence-corrected chi connectivity index (χ4v) is 1.38. The third kappa shape index (κ3) is 2.08. The Labute approximate surface area is 81.0 Å². The van der Waals surface area contributed by atoms with Gasteiger partial charge in [-0.2, -0.15) is 4.99 Å². The summed E-state index contributed by atoms with van der Waals surface area (Å²) < 4.78 is 5.05. The predicted molar refractivity (Wildman–Crippen MR) is 50.5 cm³/mol. The molecule has 0 spiro atoms. The Bertz CT molecular complexity index is 370. The van der Waals surface area contributed by atoms with Gasteiger partial charge in [0.1, 0.15) is 11.4 Å². The van der Waals surface area contributed by atoms with Crippen LogP contribution in [0.3, 0.4) is 0 Å². The molecule has 0 radical (unpaired) electrons. The number of halogens is 1. The van der Waals surface area contributed by atoms with Crippen molar-refractivity contribution in [3.63, 3.8) is 0 Å². The number of benzene rings is 1. The van der Waals surface area contributed by atoms with Gasteiger partial charge in [-0.15, -0.1) is 0 Å². The van der Waals surface area contributed by atoms with Crippen LogP contribution in [-0.2, 0) is 4.79 Å². The molecule has 0 aliphatic heterocycles. The van der Waals surface area contributed by atoms with E-state index in [1.54, 1.807) is 12.1 Å². The molecule has 0 heterocycles. The van der Waals surface area contributed by atoms with E-state index >= 15 is 0 Å². The second-order valence-electron chi connectivity index (χ2n) is 2.48. The molecule has 0 bridgehead atoms. The number of carbonyl (C=O) groups excluding carboxylic acids is 1. The highest BCUT2D eigenvalue weighted by Crippen LogP contribution is 2.33. The van der Waals surface area contributed by atoms with Crippen LogP contribution >= 0.6 is 11.6 Å². The summed E-state index contributed by atoms with van der Waals surface area (Å²) in [6.45, 7) is 1.83. The Balaban J connectivity index is 3.37. The molecule has 68 valence electrons. The predicted octanol–water partition coefficient (Wildman–Crippen LogP) is 2.62. The van der Waals surface area contributed by atoms with E-state index in [2.05, 4.69) is 4.99 Å². The first-order chi connectivity index (χ1) is 6.19. The zero-order chi connectivity index (χ0) is 9.84. The summed E-state index contributed by atoms with van der Waals surface area (Å²) >= 11 is 5.77. The summed E-state index contributed by atoms with van der Waals surface area (Å²) in [6.07, 6.45) is 1.45. The van der Waals surface area contributed by atoms with E-state index in [0.29, 0.717) is 16.5 Å². The first kappa shape index (κ1) is 9.78. The quantitative estimate of drug-likeness (QED) is 0.540. The number of aliphatic imine (C=N–C) groups is 1. The first-order valence-electron chi connectivity index (χ1n) is 3.61. The van der Waals surface area contributed by atoms with E-state index in [-0.39, 0.29) is 0 Å². The maximum Gasteiger partial charge on any atom is 0.240 e. The van der Waals surface area contributed by atoms with Crippen LogP contribution in [0, 0.1) is 6.92 Å². The molecule has 0 unspecified atom stereocenters. The smallest absolute Gasteiger partial charge is 0.240 e. The molecule has 0 atom stereocenters. The Morgan fingerprint density at radius 1 is 1.54 bits per heavy atom. The van der Waals surface area contributed by atoms with Crippen LogP contribution in [0.1, 0.15) is 5.56 Å². The summed E-state index contributed by atoms with van der Waals surface area (Å²) in [5.41, 5.74) is 1.24. The van der Waals surface area contributed by atoms with Gasteiger partial charge in [0, 0.05) is 5.02 Å². The number of rotatable bonds is 2. The lowest BCUT2D eigenvalue weighted by Crippen LogP contribution is -1.87. The van der Waals surface area contributed by atoms with E-state index in [9.17, 15) is 4.79 Å². The van der Waals surface area contributed by atoms with Crippen molar-refractivity contribution >= 4 is 23.4 Å². The lowest BCUT2D eigenvalue weighted by molar-refractivity contribution is 0.413. The Morgan fingerprint density at radius 2 is 2.23 bits per heavy atom. The number of aryl methyl sites for hydroxylation is 1. The molecule has 1 rings (SSSR count). The number of nitrogens with zero attached hydrogens (tertiary/aromatic N) is 1. The van der Waals surface area contributed by atoms with Crippen LogP contribution in [-0.4, -0.2) is 13.2 Å². The molecule has 1 aromatic carbocycles. The van der Waals surface area contributed by atoms with Gasteiger partial charge in [0.15, 0.2) is 0 Å². The van der Waals surface area contributed by atoms with Gasteiger partial charge >= 0.3 is 0 Å². The van der Waals surface area contributed by atoms with Crippen molar-refractivity contribution < 1.29 is 9.53 Å². The first-order valence-corrected chi connectivity index (χ1v) is 3.99. The monoisotopic (exact) mass is 197 g/mol. The molecule has 3 nitrogen and oxygen atoms in total. The van der Waals surface area contributed by atoms with Crippen LogP contribution in [0.15, 0.2) is 17.1 Å². The molecule has 0 aromatic heterocycles. The second-order valence-corrected chi connectivity index (χ2v) is 2.91. The fourth-order valence-electron chi connectivity index (χ4n) is 1.11. The lowest BCUT2D eigenvalue weighted by atomic mass is 10.2. The maximum atomic E-state index is 10.1. The number of ether oxygens (including phenoxy) is 1. The fraction of sp³-hybridized carbons (Fsp3) is 0.222. The number of isocyanates is 1. The van der Waals surface area contributed by atoms with Crippen molar-refractivity contribution in [1.82, 2.24) is 0 Å². The molecule has 0 amide bonds. The normalized spacial score (nSPS) is 9.15. The molecule has 1 aromatic rings. The molecule has 0 aliphatic carbocycles. The molecule has 0 saturated heterocycles. The number of hydrogen-bond donors (Lipinski definition) is 0. The van der Waals surface area contributed by atoms with Crippen molar-refractivity contribution in [1.29, 1.82) is 0 Å². The SMILES string of the molecule is COc1c(C)cc(Cl)cc1N=C=O. The summed E-state index contributed by atoms with van der Waals surface area (Å²) in [5.74, 6) is 0.549. The third-order valence-electron chi connectivity index (χ3n) is 1.59. The summed E-state index contributed by atoms with van der Waals surface area (Å²) in [6, 6.07) is 3.29. The number of methoxy groups -OCH3 is 1. The average Bonchev–Trinajstić information content (AvgIpc) is 2.04. The minimum absolute atomic E-state index is 0.405. The molecular weight excluding hydrogens is 190 g/mol. The van der Waals surface area contributed by atoms with E-state index in [1.165, 1.54) is 13.2 Å². The molecule has 13 heavy (non-hydrogen) atoms. The van der Waals surface area contributed by atoms with Crippen molar-refractivity contribution in [2.75, 3.05) is 7.11 Å². The topological polar surface area (TPSA) is 38.7 Å². The van der Waals surface area contributed by atoms with Crippen LogP contribution in [0.2, 0.25) is 5.02 Å². The minimum Gasteiger partial charge on any atom is -0.494 e. The van der Waals surface area contributed by atoms with Crippen molar-refractivity contribution in [3.8, 4) is 5.75 Å². The van der Waals surface area contributed by atoms with Crippen molar-refractivity contribution in [2.24, 2.45) is 4.99 Å². The standard InChI is InChI=1S/C9H8ClNO2/c1-6-3-7(10)4-8(11-5-12)9(6)13-2/h3-4H,1-2H3. The molecule has 4 heteroatoms. The van der Waals surface area contributed by atoms with Gasteiger partial charge in [0.05, 0.1) is 7.11 Å². The highest BCUT2D eigenvalue weighted by molar-refractivity contribution is 6.31. The van der Waals surface area contributed by atoms with Gasteiger partial charge < -0.3 is 4.74 Å². The van der Waals surface area contributed by atoms with E-state index < -0.39 is 0 Å². The molecule has 0 fully saturated rings. The van der Waals surface area contributed by atoms with Crippen molar-refractivity contribution in [3.05, 3.63) is 22.7 Å². The van der Waals surface area contributed by atoms with Crippen LogP contribution < -0.4 is 4.74 Å². The second kappa shape index (κ2) is 4.08. The average molecular weight is 198 g/mol. The van der Waals surface area contributed by atoms with Gasteiger partial charge in [-0.25, -0.2) is 4.79 Å². The number of hydrogen-bond acceptors (Lipinski definition) is 3. The van der Waals surface area contributed by atoms with Crippen LogP contribution in [0.5, 0.6) is 5.75 Å². The minimum atomic E-state index is 0.405. The third-order valence-corrected chi connectivity index (χ3v) is 1.81. The Hall–Kier alpha value is -1.31. The zero-order valence-electron chi connectivity index (χ0n) is 7.30. The maximum absolute atomic E-state index is 10.1. The molecule has 0 aliphatic rings. The van der Waals surface area contributed by atoms with Gasteiger partial charge in [-0.1, -0.05) is 11.6 Å². The van der Waals surface area contributed by atoms with E-state index in [1.807, 2.05) is 6.92 Å². The van der Waals surface area contributed by atoms with Crippen molar-refractivity contribution in [2.45, 2.75) is 6.92 Å². The largest absolute Gasteiger partial charge is 0.494 e. The summed E-state index contributed by atoms with van der Waals surface area (Å²) in [4.78, 5) is 13.6. The van der Waals surface area contributed by atoms with E-state index in [0.717, 1.165) is 5.56 Å². The summed E-state index contributed by atoms with van der Waals surface area (Å²) in [5, 5.41) is 0.521. The van der Waals surface area contributed by atoms with Crippen LogP contribution in [0.25, 0.3) is 0 Å². The Morgan fingerprint density at radius 3 is 2.77 bits per heavy atom. The van der Waals surface area contributed by atoms with Gasteiger partial charge in [-0.3, -0.25) is 0 Å².